The maximum atomic E-state index is 6.55. The molecule has 0 atom stereocenters. The lowest BCUT2D eigenvalue weighted by Gasteiger charge is -2.10. The van der Waals surface area contributed by atoms with Crippen LogP contribution in [-0.2, 0) is 0 Å². The topological polar surface area (TPSA) is 77.8 Å². The first kappa shape index (κ1) is 26.5. The van der Waals surface area contributed by atoms with Gasteiger partial charge in [0.15, 0.2) is 23.1 Å². The summed E-state index contributed by atoms with van der Waals surface area (Å²) in [6, 6.07) is 48.7. The molecule has 10 rings (SSSR count). The Kier molecular flexibility index (Phi) is 5.77. The lowest BCUT2D eigenvalue weighted by atomic mass is 10.0. The molecular formula is C42H24N4O2. The van der Waals surface area contributed by atoms with Gasteiger partial charge in [0.2, 0.25) is 0 Å². The second-order valence-electron chi connectivity index (χ2n) is 11.8. The fourth-order valence-electron chi connectivity index (χ4n) is 6.63. The highest BCUT2D eigenvalue weighted by atomic mass is 16.3. The minimum atomic E-state index is 0.601. The van der Waals surface area contributed by atoms with E-state index < -0.39 is 0 Å². The average Bonchev–Trinajstić information content (AvgIpc) is 3.75. The molecule has 0 amide bonds. The van der Waals surface area contributed by atoms with E-state index in [9.17, 15) is 0 Å². The summed E-state index contributed by atoms with van der Waals surface area (Å²) in [6.45, 7) is 0. The Bertz CT molecular complexity index is 2760. The Balaban J connectivity index is 1.18. The summed E-state index contributed by atoms with van der Waals surface area (Å²) in [7, 11) is 0. The highest BCUT2D eigenvalue weighted by Gasteiger charge is 2.21. The van der Waals surface area contributed by atoms with Gasteiger partial charge in [0.05, 0.1) is 11.1 Å². The smallest absolute Gasteiger partial charge is 0.164 e. The fraction of sp³-hybridized carbons (Fsp3) is 0. The van der Waals surface area contributed by atoms with Crippen LogP contribution >= 0.6 is 0 Å². The SMILES string of the molecule is c1ccc(-c2nc(-c3ccccc3)nc(-c3ccc(-c4nc5c(ccc6c7ccccc7oc65)c5oc6ccccc6c45)cc3)n2)cc1. The Hall–Kier alpha value is -6.66. The first-order valence-corrected chi connectivity index (χ1v) is 15.8. The zero-order valence-electron chi connectivity index (χ0n) is 25.5. The van der Waals surface area contributed by atoms with Crippen LogP contribution in [0, 0.1) is 0 Å². The van der Waals surface area contributed by atoms with Crippen molar-refractivity contribution in [1.82, 2.24) is 19.9 Å². The molecule has 0 aliphatic carbocycles. The summed E-state index contributed by atoms with van der Waals surface area (Å²) in [5.41, 5.74) is 8.48. The molecule has 48 heavy (non-hydrogen) atoms. The van der Waals surface area contributed by atoms with E-state index >= 15 is 0 Å². The molecule has 6 aromatic carbocycles. The van der Waals surface area contributed by atoms with Gasteiger partial charge in [-0.1, -0.05) is 121 Å². The molecule has 6 nitrogen and oxygen atoms in total. The largest absolute Gasteiger partial charge is 0.455 e. The molecule has 0 aliphatic heterocycles. The van der Waals surface area contributed by atoms with Crippen LogP contribution in [0.25, 0.3) is 100 Å². The van der Waals surface area contributed by atoms with Crippen molar-refractivity contribution in [3.63, 3.8) is 0 Å². The molecule has 0 bridgehead atoms. The third-order valence-electron chi connectivity index (χ3n) is 8.94. The van der Waals surface area contributed by atoms with Crippen molar-refractivity contribution in [1.29, 1.82) is 0 Å². The van der Waals surface area contributed by atoms with Crippen LogP contribution in [0.1, 0.15) is 0 Å². The van der Waals surface area contributed by atoms with E-state index in [0.29, 0.717) is 17.5 Å². The molecule has 224 valence electrons. The predicted molar refractivity (Wildman–Crippen MR) is 191 cm³/mol. The zero-order valence-corrected chi connectivity index (χ0v) is 25.5. The minimum absolute atomic E-state index is 0.601. The third-order valence-corrected chi connectivity index (χ3v) is 8.94. The first-order valence-electron chi connectivity index (χ1n) is 15.8. The van der Waals surface area contributed by atoms with Crippen molar-refractivity contribution in [3.8, 4) is 45.4 Å². The van der Waals surface area contributed by atoms with Gasteiger partial charge in [0.1, 0.15) is 22.3 Å². The number of rotatable bonds is 4. The minimum Gasteiger partial charge on any atom is -0.455 e. The molecule has 4 heterocycles. The monoisotopic (exact) mass is 616 g/mol. The van der Waals surface area contributed by atoms with Gasteiger partial charge in [-0.25, -0.2) is 19.9 Å². The van der Waals surface area contributed by atoms with Crippen molar-refractivity contribution in [2.75, 3.05) is 0 Å². The number of hydrogen-bond donors (Lipinski definition) is 0. The molecule has 0 spiro atoms. The fourth-order valence-corrected chi connectivity index (χ4v) is 6.63. The van der Waals surface area contributed by atoms with Crippen molar-refractivity contribution < 1.29 is 8.83 Å². The van der Waals surface area contributed by atoms with Crippen LogP contribution in [0.2, 0.25) is 0 Å². The Labute approximate surface area is 274 Å². The number of furan rings is 2. The highest BCUT2D eigenvalue weighted by Crippen LogP contribution is 2.42. The predicted octanol–water partition coefficient (Wildman–Crippen LogP) is 10.9. The van der Waals surface area contributed by atoms with Crippen LogP contribution in [0.15, 0.2) is 154 Å². The van der Waals surface area contributed by atoms with Crippen LogP contribution < -0.4 is 0 Å². The van der Waals surface area contributed by atoms with E-state index in [4.69, 9.17) is 28.8 Å². The number of aromatic nitrogens is 4. The quantitative estimate of drug-likeness (QED) is 0.196. The zero-order chi connectivity index (χ0) is 31.6. The summed E-state index contributed by atoms with van der Waals surface area (Å²) in [5.74, 6) is 1.85. The second kappa shape index (κ2) is 10.4. The Morgan fingerprint density at radius 3 is 1.46 bits per heavy atom. The van der Waals surface area contributed by atoms with Gasteiger partial charge >= 0.3 is 0 Å². The van der Waals surface area contributed by atoms with E-state index in [1.165, 1.54) is 0 Å². The lowest BCUT2D eigenvalue weighted by Crippen LogP contribution is -2.00. The first-order chi connectivity index (χ1) is 23.8. The molecule has 6 heteroatoms. The van der Waals surface area contributed by atoms with Gasteiger partial charge in [-0.05, 0) is 24.3 Å². The van der Waals surface area contributed by atoms with Crippen LogP contribution in [-0.4, -0.2) is 19.9 Å². The molecule has 10 aromatic rings. The van der Waals surface area contributed by atoms with E-state index in [1.54, 1.807) is 0 Å². The van der Waals surface area contributed by atoms with Crippen LogP contribution in [0.4, 0.5) is 0 Å². The Morgan fingerprint density at radius 2 is 0.812 bits per heavy atom. The average molecular weight is 617 g/mol. The van der Waals surface area contributed by atoms with Crippen LogP contribution in [0.5, 0.6) is 0 Å². The number of fused-ring (bicyclic) bond motifs is 9. The van der Waals surface area contributed by atoms with Crippen LogP contribution in [0.3, 0.4) is 0 Å². The normalized spacial score (nSPS) is 11.8. The summed E-state index contributed by atoms with van der Waals surface area (Å²) in [6.07, 6.45) is 0. The molecular weight excluding hydrogens is 592 g/mol. The molecule has 0 saturated carbocycles. The van der Waals surface area contributed by atoms with Crippen molar-refractivity contribution in [2.24, 2.45) is 0 Å². The van der Waals surface area contributed by atoms with Gasteiger partial charge in [-0.15, -0.1) is 0 Å². The lowest BCUT2D eigenvalue weighted by molar-refractivity contribution is 0.668. The van der Waals surface area contributed by atoms with Gasteiger partial charge < -0.3 is 8.83 Å². The second-order valence-corrected chi connectivity index (χ2v) is 11.8. The summed E-state index contributed by atoms with van der Waals surface area (Å²) in [5, 5.41) is 5.00. The number of hydrogen-bond acceptors (Lipinski definition) is 6. The van der Waals surface area contributed by atoms with Gasteiger partial charge in [0.25, 0.3) is 0 Å². The number of para-hydroxylation sites is 2. The summed E-state index contributed by atoms with van der Waals surface area (Å²) < 4.78 is 13.0. The standard InChI is InChI=1S/C42H24N4O2/c1-3-11-26(12-4-1)40-44-41(27-13-5-2-6-14-27)46-42(45-40)28-21-19-25(20-22-28)36-35-31-16-8-10-18-34(31)47-38(35)32-24-23-30-29-15-7-9-17-33(29)48-39(30)37(32)43-36/h1-24H. The molecule has 0 saturated heterocycles. The Morgan fingerprint density at radius 1 is 0.333 bits per heavy atom. The van der Waals surface area contributed by atoms with E-state index in [0.717, 1.165) is 82.7 Å². The highest BCUT2D eigenvalue weighted by molar-refractivity contribution is 6.24. The number of nitrogens with zero attached hydrogens (tertiary/aromatic N) is 4. The molecule has 0 aliphatic rings. The van der Waals surface area contributed by atoms with E-state index in [2.05, 4.69) is 48.5 Å². The molecule has 4 aromatic heterocycles. The van der Waals surface area contributed by atoms with Gasteiger partial charge in [0, 0.05) is 43.8 Å². The third kappa shape index (κ3) is 4.13. The maximum absolute atomic E-state index is 6.55. The van der Waals surface area contributed by atoms with Crippen molar-refractivity contribution in [2.45, 2.75) is 0 Å². The van der Waals surface area contributed by atoms with E-state index in [-0.39, 0.29) is 0 Å². The summed E-state index contributed by atoms with van der Waals surface area (Å²) in [4.78, 5) is 20.0. The summed E-state index contributed by atoms with van der Waals surface area (Å²) >= 11 is 0. The van der Waals surface area contributed by atoms with Gasteiger partial charge in [-0.2, -0.15) is 0 Å². The molecule has 0 N–H and O–H groups in total. The molecule has 0 unspecified atom stereocenters. The maximum Gasteiger partial charge on any atom is 0.164 e. The molecule has 0 fully saturated rings. The van der Waals surface area contributed by atoms with E-state index in [1.807, 2.05) is 97.1 Å². The van der Waals surface area contributed by atoms with Crippen molar-refractivity contribution >= 4 is 54.8 Å². The van der Waals surface area contributed by atoms with Gasteiger partial charge in [-0.3, -0.25) is 0 Å². The van der Waals surface area contributed by atoms with Crippen molar-refractivity contribution in [3.05, 3.63) is 146 Å². The number of benzene rings is 6. The number of pyridine rings is 1. The molecule has 0 radical (unpaired) electrons.